The van der Waals surface area contributed by atoms with Crippen LogP contribution in [-0.2, 0) is 6.42 Å². The normalized spacial score (nSPS) is 22.1. The van der Waals surface area contributed by atoms with Crippen molar-refractivity contribution in [3.63, 3.8) is 0 Å². The van der Waals surface area contributed by atoms with Gasteiger partial charge >= 0.3 is 0 Å². The van der Waals surface area contributed by atoms with Crippen molar-refractivity contribution >= 4 is 0 Å². The summed E-state index contributed by atoms with van der Waals surface area (Å²) < 4.78 is 0. The van der Waals surface area contributed by atoms with Gasteiger partial charge in [0.1, 0.15) is 0 Å². The number of aryl methyl sites for hydroxylation is 1. The number of hydrogen-bond acceptors (Lipinski definition) is 2. The van der Waals surface area contributed by atoms with Crippen LogP contribution in [0.1, 0.15) is 64.1 Å². The average Bonchev–Trinajstić information content (AvgIpc) is 2.43. The highest BCUT2D eigenvalue weighted by molar-refractivity contribution is 5.27. The summed E-state index contributed by atoms with van der Waals surface area (Å²) in [5, 5.41) is 3.58. The Kier molecular flexibility index (Phi) is 4.85. The van der Waals surface area contributed by atoms with Gasteiger partial charge in [-0.3, -0.25) is 4.98 Å². The molecule has 0 amide bonds. The Labute approximate surface area is 124 Å². The van der Waals surface area contributed by atoms with Crippen LogP contribution < -0.4 is 5.32 Å². The van der Waals surface area contributed by atoms with Crippen LogP contribution in [0.25, 0.3) is 0 Å². The molecule has 2 heteroatoms. The Bertz CT molecular complexity index is 433. The Balaban J connectivity index is 2.17. The molecule has 2 nitrogen and oxygen atoms in total. The average molecular weight is 274 g/mol. The number of pyridine rings is 1. The molecule has 0 aliphatic heterocycles. The van der Waals surface area contributed by atoms with E-state index in [9.17, 15) is 0 Å². The smallest absolute Gasteiger partial charge is 0.0481 e. The summed E-state index contributed by atoms with van der Waals surface area (Å²) in [4.78, 5) is 4.70. The predicted molar refractivity (Wildman–Crippen MR) is 86.0 cm³/mol. The van der Waals surface area contributed by atoms with Crippen molar-refractivity contribution in [3.05, 3.63) is 29.6 Å². The van der Waals surface area contributed by atoms with Crippen molar-refractivity contribution in [2.75, 3.05) is 7.05 Å². The van der Waals surface area contributed by atoms with E-state index < -0.39 is 0 Å². The van der Waals surface area contributed by atoms with E-state index >= 15 is 0 Å². The third kappa shape index (κ3) is 3.41. The minimum atomic E-state index is 0.372. The molecule has 1 N–H and O–H groups in total. The molecule has 0 radical (unpaired) electrons. The van der Waals surface area contributed by atoms with Gasteiger partial charge in [0.25, 0.3) is 0 Å². The SMILES string of the molecule is CNC(CC(C)C(C)(C)C)C1CCCc2cccnc21. The number of hydrogen-bond donors (Lipinski definition) is 1. The lowest BCUT2D eigenvalue weighted by Gasteiger charge is -2.36. The molecule has 2 rings (SSSR count). The van der Waals surface area contributed by atoms with Crippen molar-refractivity contribution < 1.29 is 0 Å². The lowest BCUT2D eigenvalue weighted by molar-refractivity contribution is 0.210. The van der Waals surface area contributed by atoms with Crippen LogP contribution in [0, 0.1) is 11.3 Å². The summed E-state index contributed by atoms with van der Waals surface area (Å²) in [5.74, 6) is 1.28. The molecule has 0 aromatic carbocycles. The maximum Gasteiger partial charge on any atom is 0.0481 e. The summed E-state index contributed by atoms with van der Waals surface area (Å²) >= 11 is 0. The van der Waals surface area contributed by atoms with Gasteiger partial charge in [0, 0.05) is 23.9 Å². The van der Waals surface area contributed by atoms with E-state index in [1.165, 1.54) is 36.9 Å². The largest absolute Gasteiger partial charge is 0.316 e. The van der Waals surface area contributed by atoms with Crippen LogP contribution in [0.5, 0.6) is 0 Å². The van der Waals surface area contributed by atoms with Crippen LogP contribution >= 0.6 is 0 Å². The second-order valence-electron chi connectivity index (χ2n) is 7.44. The molecule has 1 heterocycles. The zero-order valence-electron chi connectivity index (χ0n) is 13.7. The molecular formula is C18H30N2. The molecule has 3 atom stereocenters. The Morgan fingerprint density at radius 2 is 2.15 bits per heavy atom. The first-order valence-electron chi connectivity index (χ1n) is 8.04. The molecule has 112 valence electrons. The van der Waals surface area contributed by atoms with E-state index in [4.69, 9.17) is 4.98 Å². The van der Waals surface area contributed by atoms with Gasteiger partial charge in [-0.1, -0.05) is 33.8 Å². The lowest BCUT2D eigenvalue weighted by Crippen LogP contribution is -2.38. The molecule has 0 saturated heterocycles. The van der Waals surface area contributed by atoms with Gasteiger partial charge in [-0.2, -0.15) is 0 Å². The molecule has 1 aliphatic carbocycles. The summed E-state index contributed by atoms with van der Waals surface area (Å²) in [6, 6.07) is 4.88. The molecular weight excluding hydrogens is 244 g/mol. The first-order valence-corrected chi connectivity index (χ1v) is 8.04. The standard InChI is InChI=1S/C18H30N2/c1-13(18(2,3)4)12-16(19-5)15-10-6-8-14-9-7-11-20-17(14)15/h7,9,11,13,15-16,19H,6,8,10,12H2,1-5H3. The number of nitrogens with one attached hydrogen (secondary N) is 1. The number of nitrogens with zero attached hydrogens (tertiary/aromatic N) is 1. The van der Waals surface area contributed by atoms with Crippen LogP contribution in [0.3, 0.4) is 0 Å². The number of aromatic nitrogens is 1. The van der Waals surface area contributed by atoms with Crippen LogP contribution in [0.4, 0.5) is 0 Å². The van der Waals surface area contributed by atoms with Gasteiger partial charge in [0.05, 0.1) is 0 Å². The van der Waals surface area contributed by atoms with Crippen LogP contribution in [-0.4, -0.2) is 18.1 Å². The lowest BCUT2D eigenvalue weighted by atomic mass is 9.73. The third-order valence-corrected chi connectivity index (χ3v) is 5.18. The maximum atomic E-state index is 4.70. The van der Waals surface area contributed by atoms with E-state index in [-0.39, 0.29) is 0 Å². The highest BCUT2D eigenvalue weighted by Gasteiger charge is 2.31. The molecule has 0 spiro atoms. The van der Waals surface area contributed by atoms with Gasteiger partial charge < -0.3 is 5.32 Å². The summed E-state index contributed by atoms with van der Waals surface area (Å²) in [5.41, 5.74) is 3.18. The third-order valence-electron chi connectivity index (χ3n) is 5.18. The second kappa shape index (κ2) is 6.26. The minimum Gasteiger partial charge on any atom is -0.316 e. The van der Waals surface area contributed by atoms with E-state index in [1.54, 1.807) is 0 Å². The van der Waals surface area contributed by atoms with Gasteiger partial charge in [-0.05, 0) is 55.7 Å². The van der Waals surface area contributed by atoms with Gasteiger partial charge in [0.15, 0.2) is 0 Å². The van der Waals surface area contributed by atoms with Crippen molar-refractivity contribution in [2.45, 2.75) is 65.3 Å². The molecule has 1 aromatic heterocycles. The highest BCUT2D eigenvalue weighted by Crippen LogP contribution is 2.37. The van der Waals surface area contributed by atoms with Gasteiger partial charge in [0.2, 0.25) is 0 Å². The molecule has 1 aliphatic rings. The van der Waals surface area contributed by atoms with E-state index in [2.05, 4.69) is 52.2 Å². The first kappa shape index (κ1) is 15.5. The molecule has 0 saturated carbocycles. The monoisotopic (exact) mass is 274 g/mol. The highest BCUT2D eigenvalue weighted by atomic mass is 14.9. The van der Waals surface area contributed by atoms with Gasteiger partial charge in [-0.15, -0.1) is 0 Å². The predicted octanol–water partition coefficient (Wildman–Crippen LogP) is 4.16. The molecule has 3 unspecified atom stereocenters. The summed E-state index contributed by atoms with van der Waals surface area (Å²) in [6.45, 7) is 9.42. The quantitative estimate of drug-likeness (QED) is 0.891. The fourth-order valence-corrected chi connectivity index (χ4v) is 3.25. The van der Waals surface area contributed by atoms with E-state index in [1.807, 2.05) is 6.20 Å². The Morgan fingerprint density at radius 3 is 2.80 bits per heavy atom. The van der Waals surface area contributed by atoms with Crippen molar-refractivity contribution in [3.8, 4) is 0 Å². The fourth-order valence-electron chi connectivity index (χ4n) is 3.25. The van der Waals surface area contributed by atoms with E-state index in [0.29, 0.717) is 23.3 Å². The molecule has 1 aromatic rings. The summed E-state index contributed by atoms with van der Waals surface area (Å²) in [7, 11) is 2.11. The van der Waals surface area contributed by atoms with E-state index in [0.717, 1.165) is 0 Å². The molecule has 0 bridgehead atoms. The van der Waals surface area contributed by atoms with Gasteiger partial charge in [-0.25, -0.2) is 0 Å². The maximum absolute atomic E-state index is 4.70. The van der Waals surface area contributed by atoms with Crippen LogP contribution in [0.15, 0.2) is 18.3 Å². The second-order valence-corrected chi connectivity index (χ2v) is 7.44. The zero-order valence-corrected chi connectivity index (χ0v) is 13.7. The topological polar surface area (TPSA) is 24.9 Å². The first-order chi connectivity index (χ1) is 9.43. The zero-order chi connectivity index (χ0) is 14.8. The van der Waals surface area contributed by atoms with Crippen molar-refractivity contribution in [1.82, 2.24) is 10.3 Å². The Hall–Kier alpha value is -0.890. The van der Waals surface area contributed by atoms with Crippen LogP contribution in [0.2, 0.25) is 0 Å². The summed E-state index contributed by atoms with van der Waals surface area (Å²) in [6.07, 6.45) is 6.94. The number of fused-ring (bicyclic) bond motifs is 1. The minimum absolute atomic E-state index is 0.372. The van der Waals surface area contributed by atoms with Crippen molar-refractivity contribution in [2.24, 2.45) is 11.3 Å². The fraction of sp³-hybridized carbons (Fsp3) is 0.722. The van der Waals surface area contributed by atoms with Crippen molar-refractivity contribution in [1.29, 1.82) is 0 Å². The molecule has 0 fully saturated rings. The Morgan fingerprint density at radius 1 is 1.40 bits per heavy atom. The molecule has 20 heavy (non-hydrogen) atoms. The number of rotatable bonds is 4. The number of likely N-dealkylation sites (N-methyl/N-ethyl adjacent to an activating group) is 1.